The first-order valence-corrected chi connectivity index (χ1v) is 10.4. The van der Waals surface area contributed by atoms with Crippen LogP contribution in [0.1, 0.15) is 12.7 Å². The first-order valence-electron chi connectivity index (χ1n) is 9.54. The van der Waals surface area contributed by atoms with E-state index in [4.69, 9.17) is 13.9 Å². The average molecular weight is 413 g/mol. The second kappa shape index (κ2) is 8.75. The third-order valence-electron chi connectivity index (χ3n) is 4.71. The maximum absolute atomic E-state index is 12.8. The molecular formula is C21H23N3O4S. The maximum atomic E-state index is 12.8. The molecule has 0 atom stereocenters. The average Bonchev–Trinajstić information content (AvgIpc) is 3.34. The standard InChI is InChI=1S/C21H23N3O4S/c1-3-24-20(25)18(29-21(24)22-15-4-6-16(26-2)7-5-15)14-17-8-9-19(28-17)23-10-12-27-13-11-23/h4-9,14H,3,10-13H2,1-2H3/b18-14-,22-21?. The fourth-order valence-electron chi connectivity index (χ4n) is 3.14. The van der Waals surface area contributed by atoms with Gasteiger partial charge in [0.05, 0.1) is 30.9 Å². The topological polar surface area (TPSA) is 67.5 Å². The molecule has 3 heterocycles. The van der Waals surface area contributed by atoms with E-state index in [1.54, 1.807) is 18.1 Å². The fourth-order valence-corrected chi connectivity index (χ4v) is 4.18. The molecule has 1 aromatic heterocycles. The van der Waals surface area contributed by atoms with E-state index in [2.05, 4.69) is 9.89 Å². The molecule has 2 aliphatic rings. The van der Waals surface area contributed by atoms with E-state index in [9.17, 15) is 4.79 Å². The molecule has 2 fully saturated rings. The molecule has 0 N–H and O–H groups in total. The molecule has 2 aromatic rings. The van der Waals surface area contributed by atoms with Gasteiger partial charge in [-0.25, -0.2) is 4.99 Å². The van der Waals surface area contributed by atoms with Gasteiger partial charge in [-0.1, -0.05) is 0 Å². The van der Waals surface area contributed by atoms with Crippen LogP contribution in [0, 0.1) is 0 Å². The van der Waals surface area contributed by atoms with Gasteiger partial charge in [-0.05, 0) is 49.0 Å². The number of anilines is 1. The lowest BCUT2D eigenvalue weighted by molar-refractivity contribution is -0.122. The van der Waals surface area contributed by atoms with Gasteiger partial charge in [0.1, 0.15) is 11.5 Å². The lowest BCUT2D eigenvalue weighted by Crippen LogP contribution is -2.35. The predicted octanol–water partition coefficient (Wildman–Crippen LogP) is 3.75. The number of rotatable bonds is 5. The third kappa shape index (κ3) is 4.33. The van der Waals surface area contributed by atoms with E-state index >= 15 is 0 Å². The van der Waals surface area contributed by atoms with Crippen molar-refractivity contribution < 1.29 is 18.7 Å². The number of aliphatic imine (C=N–C) groups is 1. The highest BCUT2D eigenvalue weighted by Gasteiger charge is 2.32. The van der Waals surface area contributed by atoms with Gasteiger partial charge in [0.25, 0.3) is 5.91 Å². The monoisotopic (exact) mass is 413 g/mol. The van der Waals surface area contributed by atoms with Crippen molar-refractivity contribution in [1.82, 2.24) is 4.90 Å². The smallest absolute Gasteiger partial charge is 0.266 e. The zero-order valence-corrected chi connectivity index (χ0v) is 17.3. The normalized spacial score (nSPS) is 20.1. The maximum Gasteiger partial charge on any atom is 0.266 e. The van der Waals surface area contributed by atoms with E-state index in [0.29, 0.717) is 35.6 Å². The Labute approximate surface area is 174 Å². The van der Waals surface area contributed by atoms with Crippen LogP contribution in [-0.4, -0.2) is 55.9 Å². The van der Waals surface area contributed by atoms with Gasteiger partial charge in [0.15, 0.2) is 11.1 Å². The lowest BCUT2D eigenvalue weighted by atomic mass is 10.3. The second-order valence-corrected chi connectivity index (χ2v) is 7.54. The Morgan fingerprint density at radius 3 is 2.62 bits per heavy atom. The summed E-state index contributed by atoms with van der Waals surface area (Å²) in [7, 11) is 1.63. The summed E-state index contributed by atoms with van der Waals surface area (Å²) in [6.45, 7) is 5.49. The minimum Gasteiger partial charge on any atom is -0.497 e. The third-order valence-corrected chi connectivity index (χ3v) is 5.72. The minimum absolute atomic E-state index is 0.0610. The second-order valence-electron chi connectivity index (χ2n) is 6.53. The molecule has 29 heavy (non-hydrogen) atoms. The van der Waals surface area contributed by atoms with Crippen molar-refractivity contribution in [3.05, 3.63) is 47.1 Å². The molecule has 152 valence electrons. The Balaban J connectivity index is 1.54. The minimum atomic E-state index is -0.0610. The molecule has 0 saturated carbocycles. The number of furan rings is 1. The quantitative estimate of drug-likeness (QED) is 0.696. The Hall–Kier alpha value is -2.71. The molecule has 2 aliphatic heterocycles. The van der Waals surface area contributed by atoms with Crippen LogP contribution in [0.25, 0.3) is 6.08 Å². The number of nitrogens with zero attached hydrogens (tertiary/aromatic N) is 3. The molecular weight excluding hydrogens is 390 g/mol. The number of likely N-dealkylation sites (N-methyl/N-ethyl adjacent to an activating group) is 1. The van der Waals surface area contributed by atoms with Crippen molar-refractivity contribution in [2.45, 2.75) is 6.92 Å². The van der Waals surface area contributed by atoms with Gasteiger partial charge in [0, 0.05) is 31.8 Å². The van der Waals surface area contributed by atoms with Crippen LogP contribution in [0.3, 0.4) is 0 Å². The molecule has 0 bridgehead atoms. The van der Waals surface area contributed by atoms with Gasteiger partial charge in [0.2, 0.25) is 0 Å². The number of amidine groups is 1. The van der Waals surface area contributed by atoms with Crippen molar-refractivity contribution in [1.29, 1.82) is 0 Å². The van der Waals surface area contributed by atoms with Gasteiger partial charge in [-0.2, -0.15) is 0 Å². The molecule has 8 heteroatoms. The van der Waals surface area contributed by atoms with Crippen LogP contribution in [0.2, 0.25) is 0 Å². The highest BCUT2D eigenvalue weighted by molar-refractivity contribution is 8.18. The summed E-state index contributed by atoms with van der Waals surface area (Å²) >= 11 is 1.36. The summed E-state index contributed by atoms with van der Waals surface area (Å²) in [5.74, 6) is 2.17. The summed E-state index contributed by atoms with van der Waals surface area (Å²) in [5, 5.41) is 0.661. The Morgan fingerprint density at radius 2 is 1.93 bits per heavy atom. The Bertz CT molecular complexity index is 930. The van der Waals surface area contributed by atoms with E-state index in [0.717, 1.165) is 30.4 Å². The Kier molecular flexibility index (Phi) is 5.92. The van der Waals surface area contributed by atoms with Crippen LogP contribution in [0.4, 0.5) is 11.6 Å². The van der Waals surface area contributed by atoms with Gasteiger partial charge >= 0.3 is 0 Å². The van der Waals surface area contributed by atoms with E-state index in [1.807, 2.05) is 43.3 Å². The number of carbonyl (C=O) groups is 1. The number of carbonyl (C=O) groups excluding carboxylic acids is 1. The highest BCUT2D eigenvalue weighted by Crippen LogP contribution is 2.35. The zero-order valence-electron chi connectivity index (χ0n) is 16.5. The molecule has 0 radical (unpaired) electrons. The zero-order chi connectivity index (χ0) is 20.2. The summed E-state index contributed by atoms with van der Waals surface area (Å²) in [4.78, 5) is 21.9. The first kappa shape index (κ1) is 19.6. The van der Waals surface area contributed by atoms with Crippen LogP contribution >= 0.6 is 11.8 Å². The number of hydrogen-bond donors (Lipinski definition) is 0. The highest BCUT2D eigenvalue weighted by atomic mass is 32.2. The molecule has 0 unspecified atom stereocenters. The summed E-state index contributed by atoms with van der Waals surface area (Å²) in [6.07, 6.45) is 1.79. The van der Waals surface area contributed by atoms with Crippen molar-refractivity contribution >= 4 is 40.5 Å². The first-order chi connectivity index (χ1) is 14.2. The van der Waals surface area contributed by atoms with E-state index in [-0.39, 0.29) is 5.91 Å². The largest absolute Gasteiger partial charge is 0.497 e. The Morgan fingerprint density at radius 1 is 1.17 bits per heavy atom. The van der Waals surface area contributed by atoms with Crippen molar-refractivity contribution in [2.75, 3.05) is 44.9 Å². The molecule has 0 spiro atoms. The number of hydrogen-bond acceptors (Lipinski definition) is 7. The molecule has 4 rings (SSSR count). The fraction of sp³-hybridized carbons (Fsp3) is 0.333. The van der Waals surface area contributed by atoms with Crippen LogP contribution in [-0.2, 0) is 9.53 Å². The van der Waals surface area contributed by atoms with E-state index < -0.39 is 0 Å². The molecule has 7 nitrogen and oxygen atoms in total. The van der Waals surface area contributed by atoms with Crippen LogP contribution < -0.4 is 9.64 Å². The van der Waals surface area contributed by atoms with Gasteiger partial charge in [-0.3, -0.25) is 9.69 Å². The van der Waals surface area contributed by atoms with Gasteiger partial charge < -0.3 is 18.8 Å². The molecule has 2 saturated heterocycles. The van der Waals surface area contributed by atoms with Crippen LogP contribution in [0.5, 0.6) is 5.75 Å². The number of methoxy groups -OCH3 is 1. The number of ether oxygens (including phenoxy) is 2. The van der Waals surface area contributed by atoms with Crippen LogP contribution in [0.15, 0.2) is 50.7 Å². The van der Waals surface area contributed by atoms with Gasteiger partial charge in [-0.15, -0.1) is 0 Å². The molecule has 0 aliphatic carbocycles. The lowest BCUT2D eigenvalue weighted by Gasteiger charge is -2.26. The number of benzene rings is 1. The van der Waals surface area contributed by atoms with E-state index in [1.165, 1.54) is 11.8 Å². The summed E-state index contributed by atoms with van der Waals surface area (Å²) in [6, 6.07) is 11.3. The number of thioether (sulfide) groups is 1. The predicted molar refractivity (Wildman–Crippen MR) is 115 cm³/mol. The van der Waals surface area contributed by atoms with Crippen molar-refractivity contribution in [3.63, 3.8) is 0 Å². The molecule has 1 aromatic carbocycles. The van der Waals surface area contributed by atoms with Crippen molar-refractivity contribution in [2.24, 2.45) is 4.99 Å². The summed E-state index contributed by atoms with van der Waals surface area (Å²) < 4.78 is 16.5. The SMILES string of the molecule is CCN1C(=O)/C(=C/c2ccc(N3CCOCC3)o2)SC1=Nc1ccc(OC)cc1. The summed E-state index contributed by atoms with van der Waals surface area (Å²) in [5.41, 5.74) is 0.772. The molecule has 1 amide bonds. The van der Waals surface area contributed by atoms with Crippen molar-refractivity contribution in [3.8, 4) is 5.75 Å². The number of amides is 1. The number of morpholine rings is 1.